The number of nitrogens with one attached hydrogen (secondary N) is 2. The van der Waals surface area contributed by atoms with E-state index in [1.807, 2.05) is 45.0 Å². The second kappa shape index (κ2) is 19.4. The van der Waals surface area contributed by atoms with Gasteiger partial charge in [-0.05, 0) is 90.1 Å². The van der Waals surface area contributed by atoms with Crippen molar-refractivity contribution < 1.29 is 37.1 Å². The van der Waals surface area contributed by atoms with Crippen molar-refractivity contribution in [2.75, 3.05) is 51.3 Å². The maximum atomic E-state index is 14.1. The fourth-order valence-electron chi connectivity index (χ4n) is 11.0. The van der Waals surface area contributed by atoms with Gasteiger partial charge in [0.25, 0.3) is 15.9 Å². The van der Waals surface area contributed by atoms with Crippen molar-refractivity contribution in [1.29, 1.82) is 0 Å². The highest BCUT2D eigenvalue weighted by molar-refractivity contribution is 7.90. The summed E-state index contributed by atoms with van der Waals surface area (Å²) in [6.45, 7) is 15.8. The molecule has 17 heteroatoms. The molecule has 3 aliphatic heterocycles. The highest BCUT2D eigenvalue weighted by atomic mass is 32.2. The molecule has 378 valence electrons. The van der Waals surface area contributed by atoms with Gasteiger partial charge in [-0.1, -0.05) is 71.0 Å². The van der Waals surface area contributed by atoms with Crippen molar-refractivity contribution in [3.8, 4) is 28.7 Å². The quantitative estimate of drug-likeness (QED) is 0.0825. The Labute approximate surface area is 420 Å². The zero-order chi connectivity index (χ0) is 50.5. The van der Waals surface area contributed by atoms with Gasteiger partial charge in [0.2, 0.25) is 5.75 Å². The summed E-state index contributed by atoms with van der Waals surface area (Å²) in [7, 11) is -2.98. The van der Waals surface area contributed by atoms with Crippen LogP contribution in [0.25, 0.3) is 11.0 Å². The summed E-state index contributed by atoms with van der Waals surface area (Å²) in [4.78, 5) is 40.4. The van der Waals surface area contributed by atoms with Crippen molar-refractivity contribution in [2.24, 2.45) is 10.8 Å². The molecule has 0 radical (unpaired) electrons. The number of hydrogen-bond acceptors (Lipinski definition) is 13. The van der Waals surface area contributed by atoms with Crippen LogP contribution in [0.5, 0.6) is 28.7 Å². The first-order chi connectivity index (χ1) is 34.5. The number of benzene rings is 4. The van der Waals surface area contributed by atoms with Gasteiger partial charge in [-0.15, -0.1) is 0 Å². The van der Waals surface area contributed by atoms with E-state index in [0.717, 1.165) is 93.9 Å². The number of anilines is 1. The Balaban J connectivity index is 0.855. The predicted molar refractivity (Wildman–Crippen MR) is 275 cm³/mol. The second-order valence-corrected chi connectivity index (χ2v) is 23.0. The lowest BCUT2D eigenvalue weighted by Gasteiger charge is -2.58. The highest BCUT2D eigenvalue weighted by Crippen LogP contribution is 2.54. The number of carbonyl (C=O) groups is 1. The van der Waals surface area contributed by atoms with Gasteiger partial charge in [-0.3, -0.25) is 24.7 Å². The lowest BCUT2D eigenvalue weighted by Crippen LogP contribution is -2.60. The fraction of sp³-hybridized carbons (Fsp3) is 0.418. The Morgan fingerprint density at radius 2 is 1.74 bits per heavy atom. The molecule has 1 amide bonds. The summed E-state index contributed by atoms with van der Waals surface area (Å²) in [5.41, 5.74) is 4.79. The van der Waals surface area contributed by atoms with Gasteiger partial charge in [0, 0.05) is 92.2 Å². The highest BCUT2D eigenvalue weighted by Gasteiger charge is 2.50. The van der Waals surface area contributed by atoms with Gasteiger partial charge in [0.1, 0.15) is 35.6 Å². The van der Waals surface area contributed by atoms with Crippen LogP contribution in [0.2, 0.25) is 0 Å². The molecule has 2 N–H and O–H groups in total. The number of amides is 1. The SMILES string of the molecule is COc1ccc(CN2CCN(C3CC4(CCN(c5ccc(C(=O)NS(=O)(=O)c6cc7c(c([N+](=O)[O-])c6)OC(C(C)(C)C)CO7)c(Oc6cnc7[nH]ccc7c6)c5)CC4)C3)C(c3ccccc3C(C)C)C2)cc1. The van der Waals surface area contributed by atoms with E-state index in [1.165, 1.54) is 22.9 Å². The number of sulfonamides is 1. The van der Waals surface area contributed by atoms with Crippen molar-refractivity contribution in [3.05, 3.63) is 136 Å². The van der Waals surface area contributed by atoms with Crippen molar-refractivity contribution in [1.82, 2.24) is 24.5 Å². The molecule has 2 atom stereocenters. The lowest BCUT2D eigenvalue weighted by molar-refractivity contribution is -0.386. The van der Waals surface area contributed by atoms with E-state index in [2.05, 4.69) is 79.6 Å². The Morgan fingerprint density at radius 1 is 0.972 bits per heavy atom. The molecule has 2 unspecified atom stereocenters. The molecular formula is C55H63N7O9S. The minimum atomic E-state index is -4.68. The third-order valence-corrected chi connectivity index (χ3v) is 16.5. The van der Waals surface area contributed by atoms with Crippen molar-refractivity contribution >= 4 is 38.3 Å². The summed E-state index contributed by atoms with van der Waals surface area (Å²) in [6, 6.07) is 29.0. The molecule has 0 bridgehead atoms. The zero-order valence-electron chi connectivity index (χ0n) is 41.7. The first kappa shape index (κ1) is 48.9. The van der Waals surface area contributed by atoms with Gasteiger partial charge in [-0.2, -0.15) is 0 Å². The summed E-state index contributed by atoms with van der Waals surface area (Å²) in [5, 5.41) is 13.0. The molecule has 10 rings (SSSR count). The van der Waals surface area contributed by atoms with Crippen LogP contribution in [0.3, 0.4) is 0 Å². The number of hydrogen-bond donors (Lipinski definition) is 2. The minimum Gasteiger partial charge on any atom is -0.497 e. The molecule has 16 nitrogen and oxygen atoms in total. The standard InChI is InChI=1S/C55H63N7O9S/c1-35(2)43-9-7-8-10-44(43)47-33-59(32-36-11-14-40(68-6)15-12-36)23-24-61(47)39-29-55(30-39)18-21-60(22-19-55)38-13-16-45(48(26-38)70-41-25-37-17-20-56-52(37)57-31-41)53(63)58-72(66,67)42-27-46(62(64)65)51-49(28-42)69-34-50(71-51)54(3,4)5/h7-17,20,25-28,31,35,39,47,50H,18-19,21-24,29-30,32-34H2,1-6H3,(H,56,57)(H,58,63). The third kappa shape index (κ3) is 9.93. The number of rotatable bonds is 13. The number of methoxy groups -OCH3 is 1. The average molecular weight is 998 g/mol. The molecule has 2 saturated heterocycles. The van der Waals surface area contributed by atoms with Crippen LogP contribution in [0.1, 0.15) is 99.3 Å². The Morgan fingerprint density at radius 3 is 2.46 bits per heavy atom. The number of pyridine rings is 1. The maximum Gasteiger partial charge on any atom is 0.316 e. The van der Waals surface area contributed by atoms with Gasteiger partial charge >= 0.3 is 5.69 Å². The van der Waals surface area contributed by atoms with Gasteiger partial charge in [0.15, 0.2) is 5.75 Å². The normalized spacial score (nSPS) is 19.6. The molecule has 1 aliphatic carbocycles. The van der Waals surface area contributed by atoms with E-state index in [-0.39, 0.29) is 40.9 Å². The molecular weight excluding hydrogens is 935 g/mol. The summed E-state index contributed by atoms with van der Waals surface area (Å²) in [5.74, 6) is 0.512. The summed E-state index contributed by atoms with van der Waals surface area (Å²) >= 11 is 0. The number of aromatic nitrogens is 2. The van der Waals surface area contributed by atoms with Crippen LogP contribution in [0.15, 0.2) is 108 Å². The summed E-state index contributed by atoms with van der Waals surface area (Å²) < 4.78 is 53.6. The Kier molecular flexibility index (Phi) is 13.2. The van der Waals surface area contributed by atoms with E-state index < -0.39 is 43.0 Å². The molecule has 72 heavy (non-hydrogen) atoms. The van der Waals surface area contributed by atoms with Gasteiger partial charge in [0.05, 0.1) is 28.7 Å². The van der Waals surface area contributed by atoms with Gasteiger partial charge in [-0.25, -0.2) is 18.1 Å². The van der Waals surface area contributed by atoms with Crippen LogP contribution >= 0.6 is 0 Å². The number of carbonyl (C=O) groups excluding carboxylic acids is 1. The number of nitro benzene ring substituents is 1. The number of ether oxygens (including phenoxy) is 4. The number of nitro groups is 1. The van der Waals surface area contributed by atoms with E-state index in [1.54, 1.807) is 31.5 Å². The minimum absolute atomic E-state index is 0.0513. The number of piperazine rings is 1. The predicted octanol–water partition coefficient (Wildman–Crippen LogP) is 10.0. The number of H-pyrrole nitrogens is 1. The number of fused-ring (bicyclic) bond motifs is 2. The zero-order valence-corrected chi connectivity index (χ0v) is 42.5. The maximum absolute atomic E-state index is 14.1. The topological polar surface area (TPSA) is 182 Å². The molecule has 1 spiro atoms. The molecule has 2 aromatic heterocycles. The largest absolute Gasteiger partial charge is 0.497 e. The van der Waals surface area contributed by atoms with E-state index in [0.29, 0.717) is 23.4 Å². The van der Waals surface area contributed by atoms with E-state index >= 15 is 0 Å². The molecule has 6 aromatic rings. The van der Waals surface area contributed by atoms with Crippen molar-refractivity contribution in [2.45, 2.75) is 95.8 Å². The smallest absolute Gasteiger partial charge is 0.316 e. The van der Waals surface area contributed by atoms with Crippen molar-refractivity contribution in [3.63, 3.8) is 0 Å². The van der Waals surface area contributed by atoms with Gasteiger partial charge < -0.3 is 28.8 Å². The molecule has 5 heterocycles. The van der Waals surface area contributed by atoms with E-state index in [4.69, 9.17) is 18.9 Å². The monoisotopic (exact) mass is 997 g/mol. The van der Waals surface area contributed by atoms with Crippen LogP contribution < -0.4 is 28.6 Å². The Bertz CT molecular complexity index is 3100. The average Bonchev–Trinajstić information content (AvgIpc) is 3.83. The fourth-order valence-corrected chi connectivity index (χ4v) is 12.0. The first-order valence-corrected chi connectivity index (χ1v) is 26.3. The molecule has 4 aromatic carbocycles. The summed E-state index contributed by atoms with van der Waals surface area (Å²) in [6.07, 6.45) is 7.08. The molecule has 3 fully saturated rings. The lowest BCUT2D eigenvalue weighted by atomic mass is 9.59. The van der Waals surface area contributed by atoms with E-state index in [9.17, 15) is 23.3 Å². The number of aromatic amines is 1. The molecule has 4 aliphatic rings. The number of piperidine rings is 1. The van der Waals surface area contributed by atoms with Crippen LogP contribution in [-0.2, 0) is 16.6 Å². The van der Waals surface area contributed by atoms with Crippen LogP contribution in [0, 0.1) is 20.9 Å². The Hall–Kier alpha value is -6.69. The van der Waals surface area contributed by atoms with Crippen LogP contribution in [0.4, 0.5) is 11.4 Å². The second-order valence-electron chi connectivity index (χ2n) is 21.3. The number of nitrogens with zero attached hydrogens (tertiary/aromatic N) is 5. The third-order valence-electron chi connectivity index (χ3n) is 15.2. The first-order valence-electron chi connectivity index (χ1n) is 24.8. The molecule has 1 saturated carbocycles. The van der Waals surface area contributed by atoms with Crippen LogP contribution in [-0.4, -0.2) is 97.6 Å².